The van der Waals surface area contributed by atoms with Gasteiger partial charge in [-0.1, -0.05) is 30.9 Å². The van der Waals surface area contributed by atoms with Gasteiger partial charge in [-0.25, -0.2) is 14.5 Å². The standard InChI is InChI=1S/C24H20N8O/c1-3-16-10-11-31-21(16)24(33)32(18-8-6-5-7-9-18)19(29-31)14-30(4-2)23-20-17(12-25)13-26-22(20)27-15-28-23/h3,5-11,13,15H,1,4,14H2,2H3,(H,26,27,28). The summed E-state index contributed by atoms with van der Waals surface area (Å²) in [7, 11) is 0. The number of benzene rings is 1. The summed E-state index contributed by atoms with van der Waals surface area (Å²) in [5.41, 5.74) is 2.76. The summed E-state index contributed by atoms with van der Waals surface area (Å²) in [5.74, 6) is 1.14. The van der Waals surface area contributed by atoms with Crippen LogP contribution in [0.4, 0.5) is 5.82 Å². The zero-order valence-electron chi connectivity index (χ0n) is 17.9. The first-order chi connectivity index (χ1) is 16.2. The monoisotopic (exact) mass is 436 g/mol. The predicted molar refractivity (Wildman–Crippen MR) is 126 cm³/mol. The second-order valence-corrected chi connectivity index (χ2v) is 7.41. The molecule has 0 aliphatic rings. The van der Waals surface area contributed by atoms with Gasteiger partial charge in [-0.05, 0) is 25.1 Å². The number of nitriles is 1. The van der Waals surface area contributed by atoms with Gasteiger partial charge in [-0.15, -0.1) is 0 Å². The SMILES string of the molecule is C=Cc1ccn2nc(CN(CC)c3ncnc4[nH]cc(C#N)c34)n(-c3ccccc3)c(=O)c12. The molecule has 4 heterocycles. The smallest absolute Gasteiger partial charge is 0.283 e. The van der Waals surface area contributed by atoms with E-state index in [2.05, 4.69) is 27.6 Å². The number of para-hydroxylation sites is 1. The van der Waals surface area contributed by atoms with Gasteiger partial charge >= 0.3 is 0 Å². The quantitative estimate of drug-likeness (QED) is 0.438. The largest absolute Gasteiger partial charge is 0.349 e. The van der Waals surface area contributed by atoms with Crippen LogP contribution in [-0.2, 0) is 6.54 Å². The molecule has 0 bridgehead atoms. The first-order valence-corrected chi connectivity index (χ1v) is 10.4. The van der Waals surface area contributed by atoms with E-state index in [0.29, 0.717) is 52.5 Å². The summed E-state index contributed by atoms with van der Waals surface area (Å²) >= 11 is 0. The van der Waals surface area contributed by atoms with E-state index in [0.717, 1.165) is 5.56 Å². The fourth-order valence-electron chi connectivity index (χ4n) is 4.03. The molecule has 9 heteroatoms. The minimum absolute atomic E-state index is 0.186. The van der Waals surface area contributed by atoms with Crippen LogP contribution < -0.4 is 10.5 Å². The highest BCUT2D eigenvalue weighted by molar-refractivity contribution is 5.92. The van der Waals surface area contributed by atoms with E-state index in [1.54, 1.807) is 27.6 Å². The van der Waals surface area contributed by atoms with Crippen molar-refractivity contribution in [3.8, 4) is 11.8 Å². The van der Waals surface area contributed by atoms with Crippen LogP contribution in [0.3, 0.4) is 0 Å². The summed E-state index contributed by atoms with van der Waals surface area (Å²) < 4.78 is 3.21. The van der Waals surface area contributed by atoms with Crippen molar-refractivity contribution in [2.45, 2.75) is 13.5 Å². The minimum Gasteiger partial charge on any atom is -0.349 e. The molecular weight excluding hydrogens is 416 g/mol. The lowest BCUT2D eigenvalue weighted by Gasteiger charge is -2.24. The maximum absolute atomic E-state index is 13.6. The molecule has 0 amide bonds. The molecule has 0 saturated carbocycles. The van der Waals surface area contributed by atoms with Crippen LogP contribution in [0.1, 0.15) is 23.9 Å². The number of H-pyrrole nitrogens is 1. The fraction of sp³-hybridized carbons (Fsp3) is 0.125. The van der Waals surface area contributed by atoms with Crippen molar-refractivity contribution in [2.75, 3.05) is 11.4 Å². The molecule has 5 rings (SSSR count). The van der Waals surface area contributed by atoms with E-state index in [1.807, 2.05) is 48.2 Å². The highest BCUT2D eigenvalue weighted by atomic mass is 16.1. The molecule has 0 radical (unpaired) electrons. The Morgan fingerprint density at radius 3 is 2.79 bits per heavy atom. The van der Waals surface area contributed by atoms with E-state index in [4.69, 9.17) is 5.10 Å². The Labute approximate surface area is 188 Å². The molecule has 0 saturated heterocycles. The minimum atomic E-state index is -0.186. The second-order valence-electron chi connectivity index (χ2n) is 7.41. The molecule has 0 aliphatic carbocycles. The molecule has 0 unspecified atom stereocenters. The topological polar surface area (TPSA) is 108 Å². The molecule has 0 aliphatic heterocycles. The van der Waals surface area contributed by atoms with Crippen molar-refractivity contribution in [1.82, 2.24) is 29.1 Å². The van der Waals surface area contributed by atoms with Crippen LogP contribution in [0.25, 0.3) is 28.3 Å². The number of hydrogen-bond donors (Lipinski definition) is 1. The summed E-state index contributed by atoms with van der Waals surface area (Å²) in [6.45, 7) is 6.68. The first kappa shape index (κ1) is 20.2. The van der Waals surface area contributed by atoms with Crippen molar-refractivity contribution in [3.05, 3.63) is 89.0 Å². The Balaban J connectivity index is 1.72. The van der Waals surface area contributed by atoms with Gasteiger partial charge in [0.15, 0.2) is 5.82 Å². The molecule has 1 N–H and O–H groups in total. The van der Waals surface area contributed by atoms with Crippen LogP contribution >= 0.6 is 0 Å². The number of aromatic amines is 1. The lowest BCUT2D eigenvalue weighted by molar-refractivity contribution is 0.685. The van der Waals surface area contributed by atoms with Crippen molar-refractivity contribution in [3.63, 3.8) is 0 Å². The van der Waals surface area contributed by atoms with Crippen LogP contribution in [0.5, 0.6) is 0 Å². The maximum Gasteiger partial charge on any atom is 0.283 e. The Bertz CT molecular complexity index is 1590. The third kappa shape index (κ3) is 3.25. The lowest BCUT2D eigenvalue weighted by Crippen LogP contribution is -2.32. The Morgan fingerprint density at radius 1 is 1.24 bits per heavy atom. The van der Waals surface area contributed by atoms with Gasteiger partial charge in [0.25, 0.3) is 5.56 Å². The summed E-state index contributed by atoms with van der Waals surface area (Å²) in [5, 5.41) is 15.0. The van der Waals surface area contributed by atoms with Gasteiger partial charge < -0.3 is 9.88 Å². The van der Waals surface area contributed by atoms with Crippen LogP contribution in [-0.4, -0.2) is 35.7 Å². The van der Waals surface area contributed by atoms with Gasteiger partial charge in [-0.2, -0.15) is 10.4 Å². The van der Waals surface area contributed by atoms with Gasteiger partial charge in [-0.3, -0.25) is 9.36 Å². The summed E-state index contributed by atoms with van der Waals surface area (Å²) in [6, 6.07) is 13.4. The number of aromatic nitrogens is 6. The van der Waals surface area contributed by atoms with Crippen LogP contribution in [0.2, 0.25) is 0 Å². The number of nitrogens with zero attached hydrogens (tertiary/aromatic N) is 7. The van der Waals surface area contributed by atoms with E-state index in [9.17, 15) is 10.1 Å². The molecular formula is C24H20N8O. The Morgan fingerprint density at radius 2 is 2.06 bits per heavy atom. The molecule has 0 spiro atoms. The molecule has 1 aromatic carbocycles. The number of nitrogens with one attached hydrogen (secondary N) is 1. The van der Waals surface area contributed by atoms with E-state index < -0.39 is 0 Å². The van der Waals surface area contributed by atoms with Crippen LogP contribution in [0, 0.1) is 11.3 Å². The molecule has 5 aromatic rings. The zero-order valence-corrected chi connectivity index (χ0v) is 17.9. The average molecular weight is 436 g/mol. The third-order valence-electron chi connectivity index (χ3n) is 5.60. The lowest BCUT2D eigenvalue weighted by atomic mass is 10.2. The molecule has 4 aromatic heterocycles. The van der Waals surface area contributed by atoms with Crippen molar-refractivity contribution in [2.24, 2.45) is 0 Å². The normalized spacial score (nSPS) is 11.0. The number of hydrogen-bond acceptors (Lipinski definition) is 6. The Kier molecular flexibility index (Phi) is 4.95. The molecule has 0 fully saturated rings. The van der Waals surface area contributed by atoms with Crippen molar-refractivity contribution >= 4 is 28.4 Å². The Hall–Kier alpha value is -4.71. The molecule has 33 heavy (non-hydrogen) atoms. The van der Waals surface area contributed by atoms with Crippen molar-refractivity contribution < 1.29 is 0 Å². The maximum atomic E-state index is 13.6. The van der Waals surface area contributed by atoms with Crippen molar-refractivity contribution in [1.29, 1.82) is 5.26 Å². The summed E-state index contributed by atoms with van der Waals surface area (Å²) in [6.07, 6.45) is 6.49. The average Bonchev–Trinajstić information content (AvgIpc) is 3.47. The van der Waals surface area contributed by atoms with Gasteiger partial charge in [0.05, 0.1) is 23.2 Å². The van der Waals surface area contributed by atoms with E-state index >= 15 is 0 Å². The zero-order chi connectivity index (χ0) is 22.9. The van der Waals surface area contributed by atoms with Crippen LogP contribution in [0.15, 0.2) is 66.5 Å². The first-order valence-electron chi connectivity index (χ1n) is 10.4. The number of anilines is 1. The summed E-state index contributed by atoms with van der Waals surface area (Å²) in [4.78, 5) is 27.3. The highest BCUT2D eigenvalue weighted by Crippen LogP contribution is 2.27. The van der Waals surface area contributed by atoms with Gasteiger partial charge in [0.2, 0.25) is 0 Å². The molecule has 162 valence electrons. The van der Waals surface area contributed by atoms with Gasteiger partial charge in [0.1, 0.15) is 29.4 Å². The second kappa shape index (κ2) is 8.09. The predicted octanol–water partition coefficient (Wildman–Crippen LogP) is 3.30. The van der Waals surface area contributed by atoms with E-state index in [1.165, 1.54) is 6.33 Å². The van der Waals surface area contributed by atoms with E-state index in [-0.39, 0.29) is 5.56 Å². The highest BCUT2D eigenvalue weighted by Gasteiger charge is 2.21. The molecule has 9 nitrogen and oxygen atoms in total. The number of fused-ring (bicyclic) bond motifs is 2. The fourth-order valence-corrected chi connectivity index (χ4v) is 4.03. The molecule has 0 atom stereocenters. The van der Waals surface area contributed by atoms with Gasteiger partial charge in [0, 0.05) is 24.5 Å². The third-order valence-corrected chi connectivity index (χ3v) is 5.60. The number of rotatable bonds is 6.